The van der Waals surface area contributed by atoms with Crippen molar-refractivity contribution in [3.05, 3.63) is 18.0 Å². The van der Waals surface area contributed by atoms with Gasteiger partial charge < -0.3 is 11.1 Å². The SMILES string of the molecule is NC(=S)C1(C(=O)NCc2cn[nH]c2)CC1. The first kappa shape index (κ1) is 10.1. The average Bonchev–Trinajstić information content (AvgIpc) is 2.87. The van der Waals surface area contributed by atoms with E-state index in [0.29, 0.717) is 11.5 Å². The highest BCUT2D eigenvalue weighted by Gasteiger charge is 2.52. The van der Waals surface area contributed by atoms with Gasteiger partial charge in [-0.2, -0.15) is 5.10 Å². The summed E-state index contributed by atoms with van der Waals surface area (Å²) in [7, 11) is 0. The lowest BCUT2D eigenvalue weighted by Gasteiger charge is -2.12. The molecule has 1 aromatic rings. The number of rotatable bonds is 4. The Kier molecular flexibility index (Phi) is 2.44. The van der Waals surface area contributed by atoms with Crippen LogP contribution in [0.25, 0.3) is 0 Å². The van der Waals surface area contributed by atoms with E-state index in [-0.39, 0.29) is 5.91 Å². The number of nitrogens with one attached hydrogen (secondary N) is 2. The first-order chi connectivity index (χ1) is 7.15. The first-order valence-electron chi connectivity index (χ1n) is 4.71. The molecule has 0 saturated heterocycles. The number of hydrogen-bond acceptors (Lipinski definition) is 3. The monoisotopic (exact) mass is 224 g/mol. The van der Waals surface area contributed by atoms with Gasteiger partial charge >= 0.3 is 0 Å². The highest BCUT2D eigenvalue weighted by molar-refractivity contribution is 7.80. The van der Waals surface area contributed by atoms with E-state index in [1.807, 2.05) is 0 Å². The number of H-pyrrole nitrogens is 1. The molecule has 0 spiro atoms. The molecule has 2 rings (SSSR count). The second kappa shape index (κ2) is 3.62. The quantitative estimate of drug-likeness (QED) is 0.633. The number of amides is 1. The van der Waals surface area contributed by atoms with Crippen molar-refractivity contribution in [2.45, 2.75) is 19.4 Å². The molecule has 15 heavy (non-hydrogen) atoms. The maximum absolute atomic E-state index is 11.8. The molecule has 1 aromatic heterocycles. The molecular formula is C9H12N4OS. The minimum absolute atomic E-state index is 0.0730. The summed E-state index contributed by atoms with van der Waals surface area (Å²) in [5, 5.41) is 9.27. The highest BCUT2D eigenvalue weighted by atomic mass is 32.1. The van der Waals surface area contributed by atoms with Crippen LogP contribution in [-0.4, -0.2) is 21.1 Å². The zero-order valence-electron chi connectivity index (χ0n) is 8.12. The van der Waals surface area contributed by atoms with Crippen LogP contribution in [0, 0.1) is 5.41 Å². The van der Waals surface area contributed by atoms with Gasteiger partial charge in [-0.3, -0.25) is 9.89 Å². The van der Waals surface area contributed by atoms with Crippen LogP contribution in [0.1, 0.15) is 18.4 Å². The van der Waals surface area contributed by atoms with Gasteiger partial charge in [-0.05, 0) is 12.8 Å². The van der Waals surface area contributed by atoms with Gasteiger partial charge in [0.1, 0.15) is 0 Å². The van der Waals surface area contributed by atoms with Gasteiger partial charge in [0.15, 0.2) is 0 Å². The second-order valence-corrected chi connectivity index (χ2v) is 4.18. The van der Waals surface area contributed by atoms with Gasteiger partial charge in [0.25, 0.3) is 0 Å². The number of aromatic nitrogens is 2. The van der Waals surface area contributed by atoms with Crippen LogP contribution < -0.4 is 11.1 Å². The highest BCUT2D eigenvalue weighted by Crippen LogP contribution is 2.46. The molecule has 6 heteroatoms. The van der Waals surface area contributed by atoms with Crippen LogP contribution >= 0.6 is 12.2 Å². The Labute approximate surface area is 92.4 Å². The molecule has 0 aliphatic heterocycles. The molecule has 80 valence electrons. The van der Waals surface area contributed by atoms with E-state index in [1.165, 1.54) is 0 Å². The smallest absolute Gasteiger partial charge is 0.233 e. The Hall–Kier alpha value is -1.43. The summed E-state index contributed by atoms with van der Waals surface area (Å²) in [6.07, 6.45) is 4.93. The van der Waals surface area contributed by atoms with Gasteiger partial charge in [-0.25, -0.2) is 0 Å². The third-order valence-corrected chi connectivity index (χ3v) is 3.05. The summed E-state index contributed by atoms with van der Waals surface area (Å²) >= 11 is 4.88. The number of hydrogen-bond donors (Lipinski definition) is 3. The lowest BCUT2D eigenvalue weighted by Crippen LogP contribution is -2.39. The molecule has 0 atom stereocenters. The minimum atomic E-state index is -0.570. The number of aromatic amines is 1. The van der Waals surface area contributed by atoms with Crippen LogP contribution in [0.2, 0.25) is 0 Å². The van der Waals surface area contributed by atoms with Crippen molar-refractivity contribution in [1.29, 1.82) is 0 Å². The van der Waals surface area contributed by atoms with Crippen molar-refractivity contribution >= 4 is 23.1 Å². The number of thiocarbonyl (C=S) groups is 1. The van der Waals surface area contributed by atoms with E-state index in [2.05, 4.69) is 15.5 Å². The largest absolute Gasteiger partial charge is 0.392 e. The lowest BCUT2D eigenvalue weighted by molar-refractivity contribution is -0.124. The van der Waals surface area contributed by atoms with Crippen molar-refractivity contribution in [1.82, 2.24) is 15.5 Å². The van der Waals surface area contributed by atoms with Crippen LogP contribution in [0.3, 0.4) is 0 Å². The number of nitrogens with zero attached hydrogens (tertiary/aromatic N) is 1. The van der Waals surface area contributed by atoms with E-state index < -0.39 is 5.41 Å². The van der Waals surface area contributed by atoms with Gasteiger partial charge in [0, 0.05) is 18.3 Å². The molecule has 0 radical (unpaired) electrons. The van der Waals surface area contributed by atoms with Crippen molar-refractivity contribution in [2.75, 3.05) is 0 Å². The van der Waals surface area contributed by atoms with Crippen molar-refractivity contribution in [3.8, 4) is 0 Å². The molecule has 4 N–H and O–H groups in total. The third kappa shape index (κ3) is 1.85. The molecule has 1 amide bonds. The fraction of sp³-hybridized carbons (Fsp3) is 0.444. The number of nitrogens with two attached hydrogens (primary N) is 1. The molecule has 1 aliphatic carbocycles. The summed E-state index contributed by atoms with van der Waals surface area (Å²) in [5.74, 6) is -0.0730. The standard InChI is InChI=1S/C9H12N4OS/c10-7(15)9(1-2-9)8(14)11-3-6-4-12-13-5-6/h4-5H,1-3H2,(H2,10,15)(H,11,14)(H,12,13). The van der Waals surface area contributed by atoms with Crippen LogP contribution in [0.4, 0.5) is 0 Å². The van der Waals surface area contributed by atoms with Crippen molar-refractivity contribution in [2.24, 2.45) is 11.1 Å². The number of carbonyl (C=O) groups excluding carboxylic acids is 1. The Morgan fingerprint density at radius 1 is 1.73 bits per heavy atom. The van der Waals surface area contributed by atoms with Gasteiger partial charge in [-0.15, -0.1) is 0 Å². The predicted octanol–water partition coefficient (Wildman–Crippen LogP) is 0.0922. The zero-order valence-corrected chi connectivity index (χ0v) is 8.93. The van der Waals surface area contributed by atoms with E-state index in [4.69, 9.17) is 18.0 Å². The van der Waals surface area contributed by atoms with Crippen molar-refractivity contribution in [3.63, 3.8) is 0 Å². The summed E-state index contributed by atoms with van der Waals surface area (Å²) in [6.45, 7) is 0.458. The summed E-state index contributed by atoms with van der Waals surface area (Å²) in [4.78, 5) is 12.1. The van der Waals surface area contributed by atoms with Crippen LogP contribution in [-0.2, 0) is 11.3 Å². The Morgan fingerprint density at radius 2 is 2.47 bits per heavy atom. The molecule has 1 aliphatic rings. The maximum Gasteiger partial charge on any atom is 0.233 e. The normalized spacial score (nSPS) is 17.1. The molecule has 0 aromatic carbocycles. The first-order valence-corrected chi connectivity index (χ1v) is 5.12. The Bertz CT molecular complexity index is 383. The van der Waals surface area contributed by atoms with E-state index in [0.717, 1.165) is 18.4 Å². The van der Waals surface area contributed by atoms with Crippen LogP contribution in [0.15, 0.2) is 12.4 Å². The van der Waals surface area contributed by atoms with E-state index in [1.54, 1.807) is 12.4 Å². The fourth-order valence-electron chi connectivity index (χ4n) is 1.44. The maximum atomic E-state index is 11.8. The summed E-state index contributed by atoms with van der Waals surface area (Å²) in [6, 6.07) is 0. The Balaban J connectivity index is 1.91. The molecule has 1 heterocycles. The van der Waals surface area contributed by atoms with Gasteiger partial charge in [0.2, 0.25) is 5.91 Å². The molecule has 1 fully saturated rings. The summed E-state index contributed by atoms with van der Waals surface area (Å²) in [5.41, 5.74) is 5.90. The average molecular weight is 224 g/mol. The lowest BCUT2D eigenvalue weighted by atomic mass is 10.1. The summed E-state index contributed by atoms with van der Waals surface area (Å²) < 4.78 is 0. The fourth-order valence-corrected chi connectivity index (χ4v) is 1.73. The number of carbonyl (C=O) groups is 1. The van der Waals surface area contributed by atoms with Gasteiger partial charge in [0.05, 0.1) is 16.6 Å². The molecular weight excluding hydrogens is 212 g/mol. The van der Waals surface area contributed by atoms with E-state index in [9.17, 15) is 4.79 Å². The molecule has 1 saturated carbocycles. The van der Waals surface area contributed by atoms with Crippen LogP contribution in [0.5, 0.6) is 0 Å². The predicted molar refractivity (Wildman–Crippen MR) is 58.9 cm³/mol. The Morgan fingerprint density at radius 3 is 2.93 bits per heavy atom. The minimum Gasteiger partial charge on any atom is -0.392 e. The third-order valence-electron chi connectivity index (χ3n) is 2.66. The molecule has 5 nitrogen and oxygen atoms in total. The van der Waals surface area contributed by atoms with Crippen molar-refractivity contribution < 1.29 is 4.79 Å². The topological polar surface area (TPSA) is 83.8 Å². The van der Waals surface area contributed by atoms with E-state index >= 15 is 0 Å². The zero-order chi connectivity index (χ0) is 10.9. The molecule has 0 unspecified atom stereocenters. The van der Waals surface area contributed by atoms with Gasteiger partial charge in [-0.1, -0.05) is 12.2 Å². The second-order valence-electron chi connectivity index (χ2n) is 3.74. The molecule has 0 bridgehead atoms.